The molecule has 2 aliphatic rings. The first-order valence-electron chi connectivity index (χ1n) is 9.97. The highest BCUT2D eigenvalue weighted by Crippen LogP contribution is 2.29. The minimum absolute atomic E-state index is 0.226. The van der Waals surface area contributed by atoms with E-state index in [0.29, 0.717) is 29.7 Å². The number of rotatable bonds is 4. The zero-order valence-electron chi connectivity index (χ0n) is 16.8. The number of fused-ring (bicyclic) bond motifs is 3. The minimum Gasteiger partial charge on any atom is -0.342 e. The second-order valence-electron chi connectivity index (χ2n) is 7.76. The smallest absolute Gasteiger partial charge is 0.278 e. The second kappa shape index (κ2) is 7.47. The number of pyridine rings is 1. The Bertz CT molecular complexity index is 1430. The van der Waals surface area contributed by atoms with Crippen molar-refractivity contribution < 1.29 is 8.78 Å². The van der Waals surface area contributed by atoms with Crippen LogP contribution < -0.4 is 5.56 Å². The zero-order valence-corrected chi connectivity index (χ0v) is 16.8. The predicted molar refractivity (Wildman–Crippen MR) is 116 cm³/mol. The van der Waals surface area contributed by atoms with Crippen LogP contribution in [0, 0.1) is 18.6 Å². The van der Waals surface area contributed by atoms with E-state index in [1.165, 1.54) is 28.9 Å². The first-order valence-corrected chi connectivity index (χ1v) is 9.97. The largest absolute Gasteiger partial charge is 0.342 e. The topological polar surface area (TPSA) is 39.8 Å². The maximum absolute atomic E-state index is 14.1. The van der Waals surface area contributed by atoms with E-state index in [4.69, 9.17) is 0 Å². The van der Waals surface area contributed by atoms with Gasteiger partial charge in [0, 0.05) is 18.1 Å². The number of aryl methyl sites for hydroxylation is 1. The SMILES string of the molecule is Cc1cccc(Cn2nc3c4cc(F)ccc4n(Cc4ccc(F)cc4)cc-3c2=O)c1. The third-order valence-electron chi connectivity index (χ3n) is 5.43. The Kier molecular flexibility index (Phi) is 4.62. The minimum atomic E-state index is -0.394. The lowest BCUT2D eigenvalue weighted by atomic mass is 10.1. The van der Waals surface area contributed by atoms with Crippen LogP contribution >= 0.6 is 0 Å². The van der Waals surface area contributed by atoms with Crippen LogP contribution in [0.15, 0.2) is 77.7 Å². The Morgan fingerprint density at radius 1 is 0.871 bits per heavy atom. The summed E-state index contributed by atoms with van der Waals surface area (Å²) >= 11 is 0. The van der Waals surface area contributed by atoms with Gasteiger partial charge in [0.2, 0.25) is 0 Å². The number of aromatic nitrogens is 3. The van der Waals surface area contributed by atoms with E-state index < -0.39 is 5.82 Å². The molecule has 0 aromatic heterocycles. The maximum Gasteiger partial charge on any atom is 0.278 e. The standard InChI is InChI=1S/C25H19F2N3O/c1-16-3-2-4-18(11-16)14-30-25(31)22-15-29(13-17-5-7-19(26)8-6-17)23-10-9-20(27)12-21(23)24(22)28-30/h2-12,15H,13-14H2,1H3. The number of halogens is 2. The van der Waals surface area contributed by atoms with Gasteiger partial charge in [-0.05, 0) is 48.4 Å². The van der Waals surface area contributed by atoms with Crippen LogP contribution in [-0.4, -0.2) is 14.3 Å². The van der Waals surface area contributed by atoms with Crippen LogP contribution in [0.1, 0.15) is 16.7 Å². The van der Waals surface area contributed by atoms with Gasteiger partial charge in [0.05, 0.1) is 17.6 Å². The Hall–Kier alpha value is -3.80. The summed E-state index contributed by atoms with van der Waals surface area (Å²) in [5, 5.41) is 5.11. The first kappa shape index (κ1) is 19.2. The highest BCUT2D eigenvalue weighted by Gasteiger charge is 2.21. The molecule has 5 rings (SSSR count). The van der Waals surface area contributed by atoms with E-state index >= 15 is 0 Å². The van der Waals surface area contributed by atoms with Crippen LogP contribution in [0.2, 0.25) is 0 Å². The van der Waals surface area contributed by atoms with E-state index in [1.54, 1.807) is 24.4 Å². The van der Waals surface area contributed by atoms with Crippen molar-refractivity contribution in [1.29, 1.82) is 0 Å². The van der Waals surface area contributed by atoms with Crippen LogP contribution in [-0.2, 0) is 13.1 Å². The Labute approximate surface area is 177 Å². The molecule has 3 aromatic rings. The molecule has 0 spiro atoms. The first-order chi connectivity index (χ1) is 15.0. The molecule has 4 nitrogen and oxygen atoms in total. The van der Waals surface area contributed by atoms with E-state index in [-0.39, 0.29) is 11.4 Å². The maximum atomic E-state index is 14.1. The molecule has 0 atom stereocenters. The van der Waals surface area contributed by atoms with E-state index in [0.717, 1.165) is 22.2 Å². The molecule has 0 bridgehead atoms. The average molecular weight is 415 g/mol. The molecule has 3 aromatic carbocycles. The lowest BCUT2D eigenvalue weighted by Gasteiger charge is -2.14. The molecular weight excluding hydrogens is 396 g/mol. The third kappa shape index (κ3) is 3.61. The van der Waals surface area contributed by atoms with Gasteiger partial charge in [-0.15, -0.1) is 0 Å². The van der Waals surface area contributed by atoms with Crippen molar-refractivity contribution in [3.05, 3.63) is 112 Å². The van der Waals surface area contributed by atoms with Gasteiger partial charge in [0.25, 0.3) is 5.56 Å². The van der Waals surface area contributed by atoms with Crippen LogP contribution in [0.4, 0.5) is 8.78 Å². The molecule has 2 heterocycles. The van der Waals surface area contributed by atoms with Gasteiger partial charge in [0.15, 0.2) is 0 Å². The van der Waals surface area contributed by atoms with Crippen molar-refractivity contribution in [2.75, 3.05) is 0 Å². The van der Waals surface area contributed by atoms with Gasteiger partial charge in [-0.3, -0.25) is 4.79 Å². The third-order valence-corrected chi connectivity index (χ3v) is 5.43. The number of nitrogens with zero attached hydrogens (tertiary/aromatic N) is 3. The molecule has 6 heteroatoms. The van der Waals surface area contributed by atoms with Crippen molar-refractivity contribution in [3.8, 4) is 11.3 Å². The molecule has 0 radical (unpaired) electrons. The van der Waals surface area contributed by atoms with E-state index in [9.17, 15) is 13.6 Å². The fourth-order valence-electron chi connectivity index (χ4n) is 3.96. The van der Waals surface area contributed by atoms with Crippen molar-refractivity contribution in [1.82, 2.24) is 14.3 Å². The summed E-state index contributed by atoms with van der Waals surface area (Å²) in [6, 6.07) is 18.6. The summed E-state index contributed by atoms with van der Waals surface area (Å²) < 4.78 is 30.7. The fourth-order valence-corrected chi connectivity index (χ4v) is 3.96. The van der Waals surface area contributed by atoms with Crippen LogP contribution in [0.3, 0.4) is 0 Å². The van der Waals surface area contributed by atoms with Gasteiger partial charge < -0.3 is 4.57 Å². The lowest BCUT2D eigenvalue weighted by Crippen LogP contribution is -2.18. The van der Waals surface area contributed by atoms with E-state index in [2.05, 4.69) is 5.10 Å². The van der Waals surface area contributed by atoms with Crippen molar-refractivity contribution in [2.24, 2.45) is 0 Å². The number of benzene rings is 3. The molecule has 0 fully saturated rings. The Morgan fingerprint density at radius 3 is 2.42 bits per heavy atom. The molecule has 0 amide bonds. The molecule has 0 saturated carbocycles. The summed E-state index contributed by atoms with van der Waals surface area (Å²) in [6.45, 7) is 2.75. The summed E-state index contributed by atoms with van der Waals surface area (Å²) in [4.78, 5) is 13.1. The summed E-state index contributed by atoms with van der Waals surface area (Å²) in [5.41, 5.74) is 4.37. The normalized spacial score (nSPS) is 11.5. The molecule has 0 aliphatic carbocycles. The van der Waals surface area contributed by atoms with Gasteiger partial charge in [0.1, 0.15) is 17.3 Å². The van der Waals surface area contributed by atoms with Crippen molar-refractivity contribution in [3.63, 3.8) is 0 Å². The average Bonchev–Trinajstić information content (AvgIpc) is 3.05. The van der Waals surface area contributed by atoms with Gasteiger partial charge in [-0.1, -0.05) is 42.0 Å². The van der Waals surface area contributed by atoms with Crippen molar-refractivity contribution >= 4 is 10.9 Å². The molecular formula is C25H19F2N3O. The van der Waals surface area contributed by atoms with Gasteiger partial charge >= 0.3 is 0 Å². The van der Waals surface area contributed by atoms with E-state index in [1.807, 2.05) is 35.8 Å². The quantitative estimate of drug-likeness (QED) is 0.415. The summed E-state index contributed by atoms with van der Waals surface area (Å²) in [6.07, 6.45) is 1.75. The van der Waals surface area contributed by atoms with Crippen LogP contribution in [0.5, 0.6) is 0 Å². The molecule has 0 N–H and O–H groups in total. The molecule has 31 heavy (non-hydrogen) atoms. The second-order valence-corrected chi connectivity index (χ2v) is 7.76. The van der Waals surface area contributed by atoms with Gasteiger partial charge in [-0.2, -0.15) is 5.10 Å². The molecule has 0 saturated heterocycles. The van der Waals surface area contributed by atoms with Gasteiger partial charge in [-0.25, -0.2) is 13.5 Å². The fraction of sp³-hybridized carbons (Fsp3) is 0.120. The van der Waals surface area contributed by atoms with Crippen molar-refractivity contribution in [2.45, 2.75) is 20.0 Å². The lowest BCUT2D eigenvalue weighted by molar-refractivity contribution is 0.626. The molecule has 2 aliphatic heterocycles. The highest BCUT2D eigenvalue weighted by atomic mass is 19.1. The Morgan fingerprint density at radius 2 is 1.65 bits per heavy atom. The highest BCUT2D eigenvalue weighted by molar-refractivity contribution is 5.93. The molecule has 0 unspecified atom stereocenters. The number of hydrogen-bond donors (Lipinski definition) is 0. The summed E-state index contributed by atoms with van der Waals surface area (Å²) in [7, 11) is 0. The molecule has 154 valence electrons. The zero-order chi connectivity index (χ0) is 21.5. The number of hydrogen-bond acceptors (Lipinski definition) is 2. The van der Waals surface area contributed by atoms with Crippen LogP contribution in [0.25, 0.3) is 22.2 Å². The monoisotopic (exact) mass is 415 g/mol. The predicted octanol–water partition coefficient (Wildman–Crippen LogP) is 4.99. The Balaban J connectivity index is 1.67. The summed E-state index contributed by atoms with van der Waals surface area (Å²) in [5.74, 6) is -0.704.